The summed E-state index contributed by atoms with van der Waals surface area (Å²) in [7, 11) is 0. The molecule has 1 aromatic heterocycles. The molecule has 0 N–H and O–H groups in total. The molecule has 0 bridgehead atoms. The second-order valence-electron chi connectivity index (χ2n) is 7.46. The summed E-state index contributed by atoms with van der Waals surface area (Å²) in [5.74, 6) is 1.83. The third kappa shape index (κ3) is 4.60. The van der Waals surface area contributed by atoms with Crippen molar-refractivity contribution in [1.82, 2.24) is 19.4 Å². The van der Waals surface area contributed by atoms with E-state index < -0.39 is 0 Å². The van der Waals surface area contributed by atoms with Gasteiger partial charge in [-0.2, -0.15) is 0 Å². The number of carbonyl (C=O) groups is 1. The molecule has 158 valence electrons. The van der Waals surface area contributed by atoms with Gasteiger partial charge in [0, 0.05) is 39.1 Å². The van der Waals surface area contributed by atoms with E-state index >= 15 is 0 Å². The Hall–Kier alpha value is -2.57. The number of halogens is 1. The number of nitrogens with zero attached hydrogens (tertiary/aromatic N) is 4. The second kappa shape index (κ2) is 9.49. The number of carbonyl (C=O) groups excluding carboxylic acids is 1. The first-order valence-electron chi connectivity index (χ1n) is 10.5. The topological polar surface area (TPSA) is 50.6 Å². The van der Waals surface area contributed by atoms with Crippen molar-refractivity contribution in [2.24, 2.45) is 0 Å². The number of hydrogen-bond acceptors (Lipinski definition) is 4. The van der Waals surface area contributed by atoms with Crippen molar-refractivity contribution in [3.05, 3.63) is 59.4 Å². The monoisotopic (exact) mass is 426 g/mol. The number of para-hydroxylation sites is 3. The zero-order valence-electron chi connectivity index (χ0n) is 17.3. The normalized spacial score (nSPS) is 14.9. The lowest BCUT2D eigenvalue weighted by molar-refractivity contribution is -0.133. The van der Waals surface area contributed by atoms with Gasteiger partial charge < -0.3 is 14.2 Å². The first kappa shape index (κ1) is 20.7. The van der Waals surface area contributed by atoms with Crippen LogP contribution in [0.2, 0.25) is 5.02 Å². The molecule has 0 saturated carbocycles. The van der Waals surface area contributed by atoms with Gasteiger partial charge in [0.15, 0.2) is 0 Å². The van der Waals surface area contributed by atoms with Gasteiger partial charge in [-0.25, -0.2) is 4.98 Å². The predicted molar refractivity (Wildman–Crippen MR) is 119 cm³/mol. The number of aromatic nitrogens is 2. The summed E-state index contributed by atoms with van der Waals surface area (Å²) < 4.78 is 7.84. The van der Waals surface area contributed by atoms with Gasteiger partial charge in [-0.3, -0.25) is 9.69 Å². The molecule has 0 aliphatic carbocycles. The van der Waals surface area contributed by atoms with Crippen LogP contribution in [0, 0.1) is 0 Å². The predicted octanol–water partition coefficient (Wildman–Crippen LogP) is 3.48. The van der Waals surface area contributed by atoms with E-state index in [9.17, 15) is 4.79 Å². The van der Waals surface area contributed by atoms with Crippen molar-refractivity contribution in [2.45, 2.75) is 19.9 Å². The van der Waals surface area contributed by atoms with Crippen molar-refractivity contribution in [3.63, 3.8) is 0 Å². The molecule has 1 aliphatic heterocycles. The average molecular weight is 427 g/mol. The maximum Gasteiger partial charge on any atom is 0.242 e. The highest BCUT2D eigenvalue weighted by Crippen LogP contribution is 2.23. The summed E-state index contributed by atoms with van der Waals surface area (Å²) in [6.45, 7) is 6.99. The van der Waals surface area contributed by atoms with Crippen molar-refractivity contribution in [3.8, 4) is 5.75 Å². The SMILES string of the molecule is CCc1nc2ccccc2n1CC(=O)N1CCN(CCOc2ccccc2Cl)CC1. The second-order valence-corrected chi connectivity index (χ2v) is 7.86. The fourth-order valence-corrected chi connectivity index (χ4v) is 4.06. The maximum atomic E-state index is 12.9. The van der Waals surface area contributed by atoms with Crippen LogP contribution in [0.4, 0.5) is 0 Å². The van der Waals surface area contributed by atoms with E-state index in [1.165, 1.54) is 0 Å². The number of piperazine rings is 1. The third-order valence-electron chi connectivity index (χ3n) is 5.57. The number of hydrogen-bond donors (Lipinski definition) is 0. The van der Waals surface area contributed by atoms with Crippen molar-refractivity contribution >= 4 is 28.5 Å². The highest BCUT2D eigenvalue weighted by atomic mass is 35.5. The van der Waals surface area contributed by atoms with E-state index in [2.05, 4.69) is 21.4 Å². The van der Waals surface area contributed by atoms with Crippen LogP contribution >= 0.6 is 11.6 Å². The number of fused-ring (bicyclic) bond motifs is 1. The zero-order chi connectivity index (χ0) is 20.9. The first-order valence-corrected chi connectivity index (χ1v) is 10.8. The van der Waals surface area contributed by atoms with Crippen LogP contribution in [-0.2, 0) is 17.8 Å². The molecule has 6 nitrogen and oxygen atoms in total. The summed E-state index contributed by atoms with van der Waals surface area (Å²) in [5.41, 5.74) is 1.98. The summed E-state index contributed by atoms with van der Waals surface area (Å²) in [4.78, 5) is 21.9. The Morgan fingerprint density at radius 3 is 2.57 bits per heavy atom. The van der Waals surface area contributed by atoms with Crippen molar-refractivity contribution < 1.29 is 9.53 Å². The minimum atomic E-state index is 0.153. The fraction of sp³-hybridized carbons (Fsp3) is 0.391. The molecule has 1 saturated heterocycles. The summed E-state index contributed by atoms with van der Waals surface area (Å²) in [5, 5.41) is 0.631. The Morgan fingerprint density at radius 1 is 1.07 bits per heavy atom. The molecule has 2 heterocycles. The van der Waals surface area contributed by atoms with Gasteiger partial charge in [0.2, 0.25) is 5.91 Å². The van der Waals surface area contributed by atoms with Crippen LogP contribution in [0.5, 0.6) is 5.75 Å². The highest BCUT2D eigenvalue weighted by molar-refractivity contribution is 6.32. The molecule has 3 aromatic rings. The molecule has 2 aromatic carbocycles. The quantitative estimate of drug-likeness (QED) is 0.580. The van der Waals surface area contributed by atoms with Crippen molar-refractivity contribution in [2.75, 3.05) is 39.3 Å². The van der Waals surface area contributed by atoms with Gasteiger partial charge in [0.05, 0.1) is 16.1 Å². The van der Waals surface area contributed by atoms with Gasteiger partial charge >= 0.3 is 0 Å². The molecule has 1 fully saturated rings. The third-order valence-corrected chi connectivity index (χ3v) is 5.88. The van der Waals surface area contributed by atoms with E-state index in [1.54, 1.807) is 0 Å². The zero-order valence-corrected chi connectivity index (χ0v) is 18.0. The molecule has 0 radical (unpaired) electrons. The molecule has 1 amide bonds. The van der Waals surface area contributed by atoms with Crippen LogP contribution in [0.3, 0.4) is 0 Å². The summed E-state index contributed by atoms with van der Waals surface area (Å²) in [6.07, 6.45) is 0.807. The average Bonchev–Trinajstić information content (AvgIpc) is 3.13. The van der Waals surface area contributed by atoms with E-state index in [1.807, 2.05) is 53.4 Å². The van der Waals surface area contributed by atoms with Gasteiger partial charge in [0.25, 0.3) is 0 Å². The Bertz CT molecular complexity index is 1010. The number of benzene rings is 2. The Kier molecular flexibility index (Phi) is 6.55. The molecule has 0 spiro atoms. The fourth-order valence-electron chi connectivity index (χ4n) is 3.87. The van der Waals surface area contributed by atoms with Gasteiger partial charge in [-0.05, 0) is 24.3 Å². The highest BCUT2D eigenvalue weighted by Gasteiger charge is 2.22. The molecule has 7 heteroatoms. The molecule has 0 atom stereocenters. The van der Waals surface area contributed by atoms with Crippen LogP contribution < -0.4 is 4.74 Å². The number of rotatable bonds is 7. The molecular formula is C23H27ClN4O2. The largest absolute Gasteiger partial charge is 0.491 e. The smallest absolute Gasteiger partial charge is 0.242 e. The number of imidazole rings is 1. The van der Waals surface area contributed by atoms with Gasteiger partial charge in [-0.15, -0.1) is 0 Å². The molecule has 30 heavy (non-hydrogen) atoms. The van der Waals surface area contributed by atoms with Crippen LogP contribution in [0.1, 0.15) is 12.7 Å². The van der Waals surface area contributed by atoms with E-state index in [0.717, 1.165) is 56.0 Å². The molecule has 4 rings (SSSR count). The minimum Gasteiger partial charge on any atom is -0.491 e. The van der Waals surface area contributed by atoms with Gasteiger partial charge in [0.1, 0.15) is 24.7 Å². The standard InChI is InChI=1S/C23H27ClN4O2/c1-2-22-25-19-8-4-5-9-20(19)28(22)17-23(29)27-13-11-26(12-14-27)15-16-30-21-10-6-3-7-18(21)24/h3-10H,2,11-17H2,1H3. The number of aryl methyl sites for hydroxylation is 1. The lowest BCUT2D eigenvalue weighted by Gasteiger charge is -2.34. The Labute approximate surface area is 182 Å². The van der Waals surface area contributed by atoms with Crippen LogP contribution in [0.15, 0.2) is 48.5 Å². The summed E-state index contributed by atoms with van der Waals surface area (Å²) in [6, 6.07) is 15.5. The van der Waals surface area contributed by atoms with E-state index in [0.29, 0.717) is 23.9 Å². The lowest BCUT2D eigenvalue weighted by atomic mass is 10.3. The van der Waals surface area contributed by atoms with E-state index in [4.69, 9.17) is 16.3 Å². The molecular weight excluding hydrogens is 400 g/mol. The van der Waals surface area contributed by atoms with Crippen LogP contribution in [-0.4, -0.2) is 64.6 Å². The van der Waals surface area contributed by atoms with Crippen LogP contribution in [0.25, 0.3) is 11.0 Å². The van der Waals surface area contributed by atoms with E-state index in [-0.39, 0.29) is 5.91 Å². The summed E-state index contributed by atoms with van der Waals surface area (Å²) >= 11 is 6.13. The Balaban J connectivity index is 1.28. The lowest BCUT2D eigenvalue weighted by Crippen LogP contribution is -2.50. The van der Waals surface area contributed by atoms with Crippen molar-refractivity contribution in [1.29, 1.82) is 0 Å². The first-order chi connectivity index (χ1) is 14.7. The number of ether oxygens (including phenoxy) is 1. The molecule has 0 unspecified atom stereocenters. The Morgan fingerprint density at radius 2 is 1.80 bits per heavy atom. The number of amides is 1. The minimum absolute atomic E-state index is 0.153. The molecule has 1 aliphatic rings. The van der Waals surface area contributed by atoms with Gasteiger partial charge in [-0.1, -0.05) is 42.8 Å². The maximum absolute atomic E-state index is 12.9.